The van der Waals surface area contributed by atoms with Gasteiger partial charge in [-0.1, -0.05) is 18.2 Å². The zero-order chi connectivity index (χ0) is 14.4. The maximum atomic E-state index is 11.5. The average Bonchev–Trinajstić information content (AvgIpc) is 3.12. The number of hydrogen-bond donors (Lipinski definition) is 3. The van der Waals surface area contributed by atoms with Gasteiger partial charge in [0.15, 0.2) is 5.65 Å². The quantitative estimate of drug-likeness (QED) is 0.523. The summed E-state index contributed by atoms with van der Waals surface area (Å²) in [4.78, 5) is 18.9. The number of nitrogens with two attached hydrogens (primary N) is 1. The van der Waals surface area contributed by atoms with E-state index in [1.165, 1.54) is 0 Å². The van der Waals surface area contributed by atoms with Gasteiger partial charge in [0.25, 0.3) is 5.91 Å². The first-order chi connectivity index (χ1) is 10.2. The molecule has 102 valence electrons. The second kappa shape index (κ2) is 4.17. The van der Waals surface area contributed by atoms with Crippen LogP contribution in [0.1, 0.15) is 10.5 Å². The minimum absolute atomic E-state index is 0.215. The molecule has 6 heteroatoms. The fourth-order valence-electron chi connectivity index (χ4n) is 2.57. The van der Waals surface area contributed by atoms with Crippen molar-refractivity contribution in [2.75, 3.05) is 0 Å². The predicted octanol–water partition coefficient (Wildman–Crippen LogP) is 2.21. The number of fused-ring (bicyclic) bond motifs is 2. The lowest BCUT2D eigenvalue weighted by atomic mass is 10.0. The zero-order valence-electron chi connectivity index (χ0n) is 10.9. The van der Waals surface area contributed by atoms with Crippen LogP contribution in [0.2, 0.25) is 0 Å². The van der Waals surface area contributed by atoms with Crippen molar-refractivity contribution in [3.05, 3.63) is 48.4 Å². The molecule has 0 unspecified atom stereocenters. The third-order valence-corrected chi connectivity index (χ3v) is 3.55. The van der Waals surface area contributed by atoms with Crippen LogP contribution in [-0.4, -0.2) is 26.1 Å². The molecule has 0 bridgehead atoms. The van der Waals surface area contributed by atoms with Crippen LogP contribution in [0.5, 0.6) is 0 Å². The van der Waals surface area contributed by atoms with E-state index in [9.17, 15) is 4.79 Å². The zero-order valence-corrected chi connectivity index (χ0v) is 10.9. The highest BCUT2D eigenvalue weighted by Crippen LogP contribution is 2.33. The molecule has 0 spiro atoms. The van der Waals surface area contributed by atoms with E-state index in [1.807, 2.05) is 30.5 Å². The van der Waals surface area contributed by atoms with Crippen molar-refractivity contribution in [1.82, 2.24) is 20.2 Å². The SMILES string of the molecule is NC(=O)c1cc(-c2c[nH]c3ccccc23)c2cn[nH]c2n1. The van der Waals surface area contributed by atoms with Crippen molar-refractivity contribution in [2.45, 2.75) is 0 Å². The number of H-pyrrole nitrogens is 2. The third kappa shape index (κ3) is 1.69. The summed E-state index contributed by atoms with van der Waals surface area (Å²) >= 11 is 0. The van der Waals surface area contributed by atoms with E-state index in [1.54, 1.807) is 12.3 Å². The van der Waals surface area contributed by atoms with E-state index in [0.29, 0.717) is 5.65 Å². The van der Waals surface area contributed by atoms with E-state index in [2.05, 4.69) is 20.2 Å². The molecule has 3 aromatic heterocycles. The minimum Gasteiger partial charge on any atom is -0.364 e. The monoisotopic (exact) mass is 277 g/mol. The molecule has 0 aliphatic heterocycles. The van der Waals surface area contributed by atoms with E-state index in [0.717, 1.165) is 27.4 Å². The number of aromatic nitrogens is 4. The van der Waals surface area contributed by atoms with Crippen LogP contribution in [0.3, 0.4) is 0 Å². The van der Waals surface area contributed by atoms with Gasteiger partial charge in [-0.05, 0) is 17.7 Å². The molecule has 3 heterocycles. The number of rotatable bonds is 2. The summed E-state index contributed by atoms with van der Waals surface area (Å²) in [5.41, 5.74) is 9.02. The Morgan fingerprint density at radius 2 is 2.00 bits per heavy atom. The largest absolute Gasteiger partial charge is 0.364 e. The van der Waals surface area contributed by atoms with Gasteiger partial charge in [0.2, 0.25) is 0 Å². The summed E-state index contributed by atoms with van der Waals surface area (Å²) in [6.07, 6.45) is 3.61. The molecule has 0 radical (unpaired) electrons. The van der Waals surface area contributed by atoms with E-state index < -0.39 is 5.91 Å². The lowest BCUT2D eigenvalue weighted by molar-refractivity contribution is 0.0996. The van der Waals surface area contributed by atoms with Gasteiger partial charge in [0.1, 0.15) is 5.69 Å². The summed E-state index contributed by atoms with van der Waals surface area (Å²) in [7, 11) is 0. The second-order valence-corrected chi connectivity index (χ2v) is 4.80. The summed E-state index contributed by atoms with van der Waals surface area (Å²) in [6.45, 7) is 0. The highest BCUT2D eigenvalue weighted by Gasteiger charge is 2.15. The number of pyridine rings is 1. The van der Waals surface area contributed by atoms with Crippen molar-refractivity contribution < 1.29 is 4.79 Å². The van der Waals surface area contributed by atoms with Crippen molar-refractivity contribution in [3.8, 4) is 11.1 Å². The molecule has 0 aliphatic rings. The molecule has 21 heavy (non-hydrogen) atoms. The van der Waals surface area contributed by atoms with Gasteiger partial charge in [-0.2, -0.15) is 5.10 Å². The lowest BCUT2D eigenvalue weighted by Crippen LogP contribution is -2.13. The van der Waals surface area contributed by atoms with Gasteiger partial charge in [-0.15, -0.1) is 0 Å². The molecule has 0 saturated carbocycles. The van der Waals surface area contributed by atoms with E-state index in [4.69, 9.17) is 5.73 Å². The van der Waals surface area contributed by atoms with Gasteiger partial charge in [0, 0.05) is 28.0 Å². The Morgan fingerprint density at radius 3 is 2.86 bits per heavy atom. The first kappa shape index (κ1) is 11.7. The number of nitrogens with zero attached hydrogens (tertiary/aromatic N) is 2. The maximum absolute atomic E-state index is 11.5. The van der Waals surface area contributed by atoms with Crippen molar-refractivity contribution in [3.63, 3.8) is 0 Å². The molecule has 0 fully saturated rings. The van der Waals surface area contributed by atoms with Crippen LogP contribution in [0.15, 0.2) is 42.7 Å². The Labute approximate surface area is 119 Å². The standard InChI is InChI=1S/C15H11N5O/c16-14(21)13-5-9(11-7-18-20-15(11)19-13)10-6-17-12-4-2-1-3-8(10)12/h1-7,17H,(H2,16,21)(H,18,19,20). The first-order valence-electron chi connectivity index (χ1n) is 6.44. The van der Waals surface area contributed by atoms with Gasteiger partial charge >= 0.3 is 0 Å². The molecule has 1 aromatic carbocycles. The smallest absolute Gasteiger partial charge is 0.267 e. The number of nitrogens with one attached hydrogen (secondary N) is 2. The predicted molar refractivity (Wildman–Crippen MR) is 79.7 cm³/mol. The summed E-state index contributed by atoms with van der Waals surface area (Å²) in [5.74, 6) is -0.562. The number of benzene rings is 1. The fourth-order valence-corrected chi connectivity index (χ4v) is 2.57. The van der Waals surface area contributed by atoms with Gasteiger partial charge in [0.05, 0.1) is 6.20 Å². The number of carbonyl (C=O) groups excluding carboxylic acids is 1. The average molecular weight is 277 g/mol. The Bertz CT molecular complexity index is 982. The van der Waals surface area contributed by atoms with Gasteiger partial charge in [-0.3, -0.25) is 9.89 Å². The number of hydrogen-bond acceptors (Lipinski definition) is 3. The molecule has 4 rings (SSSR count). The van der Waals surface area contributed by atoms with Crippen molar-refractivity contribution in [1.29, 1.82) is 0 Å². The Hall–Kier alpha value is -3.15. The third-order valence-electron chi connectivity index (χ3n) is 3.55. The fraction of sp³-hybridized carbons (Fsp3) is 0. The molecule has 0 atom stereocenters. The Balaban J connectivity index is 2.09. The summed E-state index contributed by atoms with van der Waals surface area (Å²) < 4.78 is 0. The van der Waals surface area contributed by atoms with Crippen molar-refractivity contribution in [2.24, 2.45) is 5.73 Å². The first-order valence-corrected chi connectivity index (χ1v) is 6.44. The molecular formula is C15H11N5O. The van der Waals surface area contributed by atoms with Crippen LogP contribution in [0.4, 0.5) is 0 Å². The van der Waals surface area contributed by atoms with Gasteiger partial charge in [-0.25, -0.2) is 4.98 Å². The number of amides is 1. The van der Waals surface area contributed by atoms with E-state index in [-0.39, 0.29) is 5.69 Å². The number of primary amides is 1. The summed E-state index contributed by atoms with van der Waals surface area (Å²) in [6, 6.07) is 9.68. The van der Waals surface area contributed by atoms with Crippen LogP contribution < -0.4 is 5.73 Å². The topological polar surface area (TPSA) is 100 Å². The van der Waals surface area contributed by atoms with Crippen LogP contribution in [-0.2, 0) is 0 Å². The molecule has 1 amide bonds. The summed E-state index contributed by atoms with van der Waals surface area (Å²) in [5, 5.41) is 8.71. The normalized spacial score (nSPS) is 11.2. The molecule has 0 saturated heterocycles. The Morgan fingerprint density at radius 1 is 1.14 bits per heavy atom. The number of aromatic amines is 2. The molecule has 4 aromatic rings. The number of carbonyl (C=O) groups is 1. The van der Waals surface area contributed by atoms with Gasteiger partial charge < -0.3 is 10.7 Å². The van der Waals surface area contributed by atoms with Crippen LogP contribution in [0, 0.1) is 0 Å². The van der Waals surface area contributed by atoms with Crippen LogP contribution >= 0.6 is 0 Å². The second-order valence-electron chi connectivity index (χ2n) is 4.80. The van der Waals surface area contributed by atoms with Crippen molar-refractivity contribution >= 4 is 27.8 Å². The molecule has 0 aliphatic carbocycles. The minimum atomic E-state index is -0.562. The molecule has 6 nitrogen and oxygen atoms in total. The van der Waals surface area contributed by atoms with E-state index >= 15 is 0 Å². The maximum Gasteiger partial charge on any atom is 0.267 e. The number of para-hydroxylation sites is 1. The highest BCUT2D eigenvalue weighted by atomic mass is 16.1. The molecule has 4 N–H and O–H groups in total. The lowest BCUT2D eigenvalue weighted by Gasteiger charge is -2.04. The van der Waals surface area contributed by atoms with Crippen LogP contribution in [0.25, 0.3) is 33.1 Å². The molecular weight excluding hydrogens is 266 g/mol. The Kier molecular flexibility index (Phi) is 2.32. The highest BCUT2D eigenvalue weighted by molar-refractivity contribution is 6.05.